The summed E-state index contributed by atoms with van der Waals surface area (Å²) in [5.74, 6) is 0.502. The molecule has 1 aromatic heterocycles. The molecule has 19 heavy (non-hydrogen) atoms. The second-order valence-electron chi connectivity index (χ2n) is 4.69. The zero-order valence-corrected chi connectivity index (χ0v) is 13.2. The van der Waals surface area contributed by atoms with E-state index >= 15 is 0 Å². The van der Waals surface area contributed by atoms with Gasteiger partial charge < -0.3 is 0 Å². The molecule has 0 spiro atoms. The minimum absolute atomic E-state index is 0.158. The lowest BCUT2D eigenvalue weighted by Crippen LogP contribution is -2.31. The summed E-state index contributed by atoms with van der Waals surface area (Å²) in [4.78, 5) is 24.1. The largest absolute Gasteiger partial charge is 0.310 e. The monoisotopic (exact) mass is 341 g/mol. The maximum atomic E-state index is 12.3. The molecule has 1 aromatic carbocycles. The van der Waals surface area contributed by atoms with Gasteiger partial charge in [0.25, 0.3) is 5.56 Å². The fourth-order valence-corrected chi connectivity index (χ4v) is 3.65. The van der Waals surface area contributed by atoms with E-state index in [1.54, 1.807) is 6.07 Å². The average molecular weight is 342 g/mol. The van der Waals surface area contributed by atoms with Gasteiger partial charge in [-0.1, -0.05) is 46.3 Å². The molecule has 0 aliphatic carbocycles. The van der Waals surface area contributed by atoms with E-state index in [-0.39, 0.29) is 10.4 Å². The summed E-state index contributed by atoms with van der Waals surface area (Å²) in [6, 6.07) is 7.28. The van der Waals surface area contributed by atoms with Crippen LogP contribution in [0, 0.1) is 5.92 Å². The highest BCUT2D eigenvalue weighted by atomic mass is 79.9. The molecular weight excluding hydrogens is 326 g/mol. The van der Waals surface area contributed by atoms with E-state index in [1.165, 1.54) is 4.57 Å². The second kappa shape index (κ2) is 6.48. The van der Waals surface area contributed by atoms with E-state index in [0.29, 0.717) is 17.8 Å². The molecule has 0 radical (unpaired) electrons. The molecule has 0 saturated heterocycles. The summed E-state index contributed by atoms with van der Waals surface area (Å²) in [5, 5.41) is 1.59. The molecule has 2 rings (SSSR count). The SMILES string of the molecule is CC(CCBr)CCn1c(=O)sc2ccccc2c1=O. The van der Waals surface area contributed by atoms with Crippen LogP contribution in [0.1, 0.15) is 19.8 Å². The van der Waals surface area contributed by atoms with Gasteiger partial charge >= 0.3 is 4.87 Å². The van der Waals surface area contributed by atoms with Crippen LogP contribution < -0.4 is 10.4 Å². The molecule has 0 amide bonds. The first-order valence-electron chi connectivity index (χ1n) is 6.32. The summed E-state index contributed by atoms with van der Waals surface area (Å²) < 4.78 is 2.14. The molecule has 0 aliphatic heterocycles. The lowest BCUT2D eigenvalue weighted by Gasteiger charge is -2.10. The van der Waals surface area contributed by atoms with Gasteiger partial charge in [0.15, 0.2) is 0 Å². The van der Waals surface area contributed by atoms with Crippen LogP contribution in [0.3, 0.4) is 0 Å². The quantitative estimate of drug-likeness (QED) is 0.783. The molecule has 0 saturated carbocycles. The van der Waals surface area contributed by atoms with Gasteiger partial charge in [0, 0.05) is 16.6 Å². The first-order valence-corrected chi connectivity index (χ1v) is 8.26. The molecule has 0 fully saturated rings. The van der Waals surface area contributed by atoms with Gasteiger partial charge in [-0.15, -0.1) is 0 Å². The van der Waals surface area contributed by atoms with Gasteiger partial charge in [-0.05, 0) is 30.9 Å². The molecule has 5 heteroatoms. The Bertz CT molecular complexity index is 677. The molecule has 0 bridgehead atoms. The Kier molecular flexibility index (Phi) is 4.93. The summed E-state index contributed by atoms with van der Waals surface area (Å²) in [6.07, 6.45) is 1.91. The van der Waals surface area contributed by atoms with Gasteiger partial charge in [-0.3, -0.25) is 14.2 Å². The molecule has 0 aliphatic rings. The van der Waals surface area contributed by atoms with Crippen molar-refractivity contribution in [2.24, 2.45) is 5.92 Å². The highest BCUT2D eigenvalue weighted by molar-refractivity contribution is 9.09. The van der Waals surface area contributed by atoms with Crippen LogP contribution in [0.2, 0.25) is 0 Å². The van der Waals surface area contributed by atoms with Gasteiger partial charge in [0.2, 0.25) is 0 Å². The van der Waals surface area contributed by atoms with Crippen molar-refractivity contribution in [3.63, 3.8) is 0 Å². The van der Waals surface area contributed by atoms with Crippen molar-refractivity contribution in [2.45, 2.75) is 26.3 Å². The number of nitrogens with zero attached hydrogens (tertiary/aromatic N) is 1. The Balaban J connectivity index is 2.33. The Morgan fingerprint density at radius 1 is 1.26 bits per heavy atom. The number of benzene rings is 1. The Labute approximate surface area is 124 Å². The van der Waals surface area contributed by atoms with Gasteiger partial charge in [-0.25, -0.2) is 0 Å². The van der Waals surface area contributed by atoms with Crippen molar-refractivity contribution < 1.29 is 0 Å². The predicted octanol–water partition coefficient (Wildman–Crippen LogP) is 3.23. The third-order valence-electron chi connectivity index (χ3n) is 3.23. The average Bonchev–Trinajstić information content (AvgIpc) is 2.39. The standard InChI is InChI=1S/C14H16BrNO2S/c1-10(6-8-15)7-9-16-13(17)11-4-2-3-5-12(11)19-14(16)18/h2-5,10H,6-9H2,1H3. The van der Waals surface area contributed by atoms with Crippen LogP contribution in [0.15, 0.2) is 33.9 Å². The first kappa shape index (κ1) is 14.5. The van der Waals surface area contributed by atoms with Crippen LogP contribution >= 0.6 is 27.3 Å². The number of rotatable bonds is 5. The summed E-state index contributed by atoms with van der Waals surface area (Å²) in [6.45, 7) is 2.65. The maximum absolute atomic E-state index is 12.3. The van der Waals surface area contributed by atoms with Crippen molar-refractivity contribution in [1.29, 1.82) is 0 Å². The minimum Gasteiger partial charge on any atom is -0.269 e. The lowest BCUT2D eigenvalue weighted by atomic mass is 10.1. The Morgan fingerprint density at radius 3 is 2.74 bits per heavy atom. The summed E-state index contributed by atoms with van der Waals surface area (Å²) in [7, 11) is 0. The van der Waals surface area contributed by atoms with Crippen LogP contribution in [-0.4, -0.2) is 9.90 Å². The molecule has 102 valence electrons. The van der Waals surface area contributed by atoms with Gasteiger partial charge in [-0.2, -0.15) is 0 Å². The lowest BCUT2D eigenvalue weighted by molar-refractivity contribution is 0.465. The van der Waals surface area contributed by atoms with E-state index in [9.17, 15) is 9.59 Å². The Morgan fingerprint density at radius 2 is 2.00 bits per heavy atom. The normalized spacial score (nSPS) is 12.7. The minimum atomic E-state index is -0.162. The zero-order valence-electron chi connectivity index (χ0n) is 10.8. The van der Waals surface area contributed by atoms with E-state index < -0.39 is 0 Å². The Hall–Kier alpha value is -0.940. The molecule has 1 unspecified atom stereocenters. The molecule has 2 aromatic rings. The smallest absolute Gasteiger partial charge is 0.269 e. The van der Waals surface area contributed by atoms with Gasteiger partial charge in [0.1, 0.15) is 0 Å². The third kappa shape index (κ3) is 3.34. The number of alkyl halides is 1. The van der Waals surface area contributed by atoms with Crippen LogP contribution in [0.5, 0.6) is 0 Å². The summed E-state index contributed by atoms with van der Waals surface area (Å²) in [5.41, 5.74) is -0.162. The van der Waals surface area contributed by atoms with Crippen molar-refractivity contribution in [2.75, 3.05) is 5.33 Å². The van der Waals surface area contributed by atoms with E-state index in [0.717, 1.165) is 34.2 Å². The predicted molar refractivity (Wildman–Crippen MR) is 84.5 cm³/mol. The van der Waals surface area contributed by atoms with Crippen LogP contribution in [0.25, 0.3) is 10.1 Å². The fourth-order valence-electron chi connectivity index (χ4n) is 1.98. The highest BCUT2D eigenvalue weighted by Crippen LogP contribution is 2.13. The van der Waals surface area contributed by atoms with Crippen LogP contribution in [0.4, 0.5) is 0 Å². The number of hydrogen-bond donors (Lipinski definition) is 0. The van der Waals surface area contributed by atoms with Crippen LogP contribution in [-0.2, 0) is 6.54 Å². The topological polar surface area (TPSA) is 39.1 Å². The zero-order chi connectivity index (χ0) is 13.8. The van der Waals surface area contributed by atoms with Gasteiger partial charge in [0.05, 0.1) is 5.39 Å². The van der Waals surface area contributed by atoms with Crippen molar-refractivity contribution in [1.82, 2.24) is 4.57 Å². The number of aromatic nitrogens is 1. The third-order valence-corrected chi connectivity index (χ3v) is 4.66. The molecule has 1 atom stereocenters. The van der Waals surface area contributed by atoms with E-state index in [2.05, 4.69) is 22.9 Å². The van der Waals surface area contributed by atoms with Crippen molar-refractivity contribution >= 4 is 37.4 Å². The fraction of sp³-hybridized carbons (Fsp3) is 0.429. The van der Waals surface area contributed by atoms with Crippen molar-refractivity contribution in [3.8, 4) is 0 Å². The number of halogens is 1. The molecule has 0 N–H and O–H groups in total. The van der Waals surface area contributed by atoms with E-state index in [4.69, 9.17) is 0 Å². The first-order chi connectivity index (χ1) is 9.13. The summed E-state index contributed by atoms with van der Waals surface area (Å²) >= 11 is 4.56. The molecular formula is C14H16BrNO2S. The van der Waals surface area contributed by atoms with E-state index in [1.807, 2.05) is 18.2 Å². The van der Waals surface area contributed by atoms with Crippen molar-refractivity contribution in [3.05, 3.63) is 44.3 Å². The molecule has 1 heterocycles. The molecule has 3 nitrogen and oxygen atoms in total. The maximum Gasteiger partial charge on any atom is 0.310 e. The second-order valence-corrected chi connectivity index (χ2v) is 6.48. The highest BCUT2D eigenvalue weighted by Gasteiger charge is 2.09. The number of hydrogen-bond acceptors (Lipinski definition) is 3. The number of fused-ring (bicyclic) bond motifs is 1.